The minimum absolute atomic E-state index is 0.161. The second-order valence-corrected chi connectivity index (χ2v) is 4.37. The van der Waals surface area contributed by atoms with Crippen molar-refractivity contribution in [1.29, 1.82) is 0 Å². The second kappa shape index (κ2) is 5.75. The first-order valence-electron chi connectivity index (χ1n) is 5.15. The normalized spacial score (nSPS) is 10.1. The zero-order valence-corrected chi connectivity index (χ0v) is 10.9. The molecule has 0 aliphatic rings. The van der Waals surface area contributed by atoms with Crippen molar-refractivity contribution < 1.29 is 4.74 Å². The Morgan fingerprint density at radius 1 is 1.22 bits per heavy atom. The highest BCUT2D eigenvalue weighted by Crippen LogP contribution is 2.15. The van der Waals surface area contributed by atoms with Gasteiger partial charge in [-0.2, -0.15) is 0 Å². The molecule has 0 aliphatic heterocycles. The molecule has 2 rings (SSSR count). The Morgan fingerprint density at radius 2 is 1.89 bits per heavy atom. The maximum absolute atomic E-state index is 5.80. The maximum Gasteiger partial charge on any atom is 0.243 e. The highest BCUT2D eigenvalue weighted by atomic mass is 35.5. The molecule has 0 unspecified atom stereocenters. The lowest BCUT2D eigenvalue weighted by Gasteiger charge is -2.08. The number of thiocarbonyl (C=S) groups is 1. The molecular formula is C12H10ClN3OS. The fraction of sp³-hybridized carbons (Fsp3) is 0.0833. The van der Waals surface area contributed by atoms with Gasteiger partial charge in [0.15, 0.2) is 5.69 Å². The molecule has 1 aromatic heterocycles. The highest BCUT2D eigenvalue weighted by Gasteiger charge is 2.09. The third kappa shape index (κ3) is 3.15. The third-order valence-electron chi connectivity index (χ3n) is 2.19. The molecule has 2 aromatic rings. The summed E-state index contributed by atoms with van der Waals surface area (Å²) in [5.74, 6) is 0.333. The van der Waals surface area contributed by atoms with Crippen LogP contribution < -0.4 is 10.5 Å². The van der Waals surface area contributed by atoms with Crippen LogP contribution in [0.2, 0.25) is 5.02 Å². The van der Waals surface area contributed by atoms with Crippen molar-refractivity contribution in [1.82, 2.24) is 9.97 Å². The van der Waals surface area contributed by atoms with E-state index >= 15 is 0 Å². The summed E-state index contributed by atoms with van der Waals surface area (Å²) in [5.41, 5.74) is 6.90. The molecule has 0 saturated heterocycles. The molecule has 92 valence electrons. The van der Waals surface area contributed by atoms with Crippen molar-refractivity contribution in [3.8, 4) is 5.88 Å². The van der Waals surface area contributed by atoms with Gasteiger partial charge in [0.1, 0.15) is 11.6 Å². The van der Waals surface area contributed by atoms with Gasteiger partial charge in [0, 0.05) is 17.4 Å². The van der Waals surface area contributed by atoms with Crippen LogP contribution in [0.25, 0.3) is 0 Å². The molecule has 4 nitrogen and oxygen atoms in total. The van der Waals surface area contributed by atoms with Gasteiger partial charge < -0.3 is 10.5 Å². The Kier molecular flexibility index (Phi) is 4.07. The number of aromatic nitrogens is 2. The van der Waals surface area contributed by atoms with E-state index in [1.165, 1.54) is 12.4 Å². The van der Waals surface area contributed by atoms with Gasteiger partial charge >= 0.3 is 0 Å². The van der Waals surface area contributed by atoms with E-state index in [4.69, 9.17) is 34.3 Å². The maximum atomic E-state index is 5.80. The molecule has 0 saturated carbocycles. The Hall–Kier alpha value is -1.72. The lowest BCUT2D eigenvalue weighted by atomic mass is 10.2. The van der Waals surface area contributed by atoms with Gasteiger partial charge in [0.05, 0.1) is 0 Å². The summed E-state index contributed by atoms with van der Waals surface area (Å²) in [6, 6.07) is 7.34. The van der Waals surface area contributed by atoms with Gasteiger partial charge in [-0.1, -0.05) is 36.0 Å². The SMILES string of the molecule is NC(=S)c1nccnc1OCc1ccc(Cl)cc1. The Labute approximate surface area is 115 Å². The van der Waals surface area contributed by atoms with E-state index in [9.17, 15) is 0 Å². The van der Waals surface area contributed by atoms with Gasteiger partial charge in [-0.25, -0.2) is 9.97 Å². The zero-order valence-electron chi connectivity index (χ0n) is 9.34. The van der Waals surface area contributed by atoms with Crippen LogP contribution >= 0.6 is 23.8 Å². The predicted octanol–water partition coefficient (Wildman–Crippen LogP) is 2.34. The van der Waals surface area contributed by atoms with E-state index in [0.29, 0.717) is 23.2 Å². The summed E-state index contributed by atoms with van der Waals surface area (Å²) >= 11 is 10.7. The molecule has 6 heteroatoms. The van der Waals surface area contributed by atoms with Crippen LogP contribution in [-0.2, 0) is 6.61 Å². The largest absolute Gasteiger partial charge is 0.471 e. The Balaban J connectivity index is 2.10. The van der Waals surface area contributed by atoms with Crippen LogP contribution in [0.4, 0.5) is 0 Å². The molecule has 0 bridgehead atoms. The molecule has 18 heavy (non-hydrogen) atoms. The van der Waals surface area contributed by atoms with E-state index in [2.05, 4.69) is 9.97 Å². The fourth-order valence-electron chi connectivity index (χ4n) is 1.33. The van der Waals surface area contributed by atoms with Crippen LogP contribution in [-0.4, -0.2) is 15.0 Å². The molecule has 0 amide bonds. The number of benzene rings is 1. The first-order valence-corrected chi connectivity index (χ1v) is 5.93. The first-order chi connectivity index (χ1) is 8.66. The molecule has 1 heterocycles. The lowest BCUT2D eigenvalue weighted by molar-refractivity contribution is 0.292. The molecule has 1 aromatic carbocycles. The number of nitrogens with two attached hydrogens (primary N) is 1. The van der Waals surface area contributed by atoms with Crippen molar-refractivity contribution in [3.05, 3.63) is 52.9 Å². The van der Waals surface area contributed by atoms with Crippen LogP contribution in [0, 0.1) is 0 Å². The molecule has 0 atom stereocenters. The van der Waals surface area contributed by atoms with Crippen molar-refractivity contribution >= 4 is 28.8 Å². The van der Waals surface area contributed by atoms with E-state index in [1.807, 2.05) is 12.1 Å². The number of nitrogens with zero attached hydrogens (tertiary/aromatic N) is 2. The van der Waals surface area contributed by atoms with Crippen molar-refractivity contribution in [2.24, 2.45) is 5.73 Å². The summed E-state index contributed by atoms with van der Waals surface area (Å²) in [6.07, 6.45) is 3.04. The molecule has 2 N–H and O–H groups in total. The van der Waals surface area contributed by atoms with Crippen LogP contribution in [0.3, 0.4) is 0 Å². The standard InChI is InChI=1S/C12H10ClN3OS/c13-9-3-1-8(2-4-9)7-17-12-10(11(14)18)15-5-6-16-12/h1-6H,7H2,(H2,14,18). The number of hydrogen-bond donors (Lipinski definition) is 1. The minimum atomic E-state index is 0.161. The monoisotopic (exact) mass is 279 g/mol. The van der Waals surface area contributed by atoms with Crippen molar-refractivity contribution in [2.75, 3.05) is 0 Å². The van der Waals surface area contributed by atoms with E-state index in [0.717, 1.165) is 5.56 Å². The molecular weight excluding hydrogens is 270 g/mol. The van der Waals surface area contributed by atoms with Gasteiger partial charge in [-0.3, -0.25) is 0 Å². The van der Waals surface area contributed by atoms with Crippen LogP contribution in [0.1, 0.15) is 11.3 Å². The van der Waals surface area contributed by atoms with Crippen molar-refractivity contribution in [2.45, 2.75) is 6.61 Å². The van der Waals surface area contributed by atoms with Crippen molar-refractivity contribution in [3.63, 3.8) is 0 Å². The Bertz CT molecular complexity index is 560. The molecule has 0 aliphatic carbocycles. The van der Waals surface area contributed by atoms with E-state index in [-0.39, 0.29) is 4.99 Å². The first kappa shape index (κ1) is 12.7. The fourth-order valence-corrected chi connectivity index (χ4v) is 1.60. The summed E-state index contributed by atoms with van der Waals surface area (Å²) in [4.78, 5) is 8.25. The Morgan fingerprint density at radius 3 is 2.56 bits per heavy atom. The topological polar surface area (TPSA) is 61.0 Å². The lowest BCUT2D eigenvalue weighted by Crippen LogP contribution is -2.14. The highest BCUT2D eigenvalue weighted by molar-refractivity contribution is 7.80. The average Bonchev–Trinajstić information content (AvgIpc) is 2.38. The predicted molar refractivity (Wildman–Crippen MR) is 73.7 cm³/mol. The van der Waals surface area contributed by atoms with Crippen LogP contribution in [0.15, 0.2) is 36.7 Å². The van der Waals surface area contributed by atoms with Gasteiger partial charge in [-0.15, -0.1) is 0 Å². The van der Waals surface area contributed by atoms with Gasteiger partial charge in [0.25, 0.3) is 0 Å². The second-order valence-electron chi connectivity index (χ2n) is 3.49. The molecule has 0 fully saturated rings. The number of rotatable bonds is 4. The summed E-state index contributed by atoms with van der Waals surface area (Å²) < 4.78 is 5.54. The smallest absolute Gasteiger partial charge is 0.243 e. The molecule has 0 spiro atoms. The number of ether oxygens (including phenoxy) is 1. The number of hydrogen-bond acceptors (Lipinski definition) is 4. The quantitative estimate of drug-likeness (QED) is 0.871. The summed E-state index contributed by atoms with van der Waals surface area (Å²) in [5, 5.41) is 0.682. The zero-order chi connectivity index (χ0) is 13.0. The van der Waals surface area contributed by atoms with Gasteiger partial charge in [0.2, 0.25) is 5.88 Å². The minimum Gasteiger partial charge on any atom is -0.471 e. The van der Waals surface area contributed by atoms with Crippen LogP contribution in [0.5, 0.6) is 5.88 Å². The number of halogens is 1. The average molecular weight is 280 g/mol. The third-order valence-corrected chi connectivity index (χ3v) is 2.63. The van der Waals surface area contributed by atoms with Gasteiger partial charge in [-0.05, 0) is 17.7 Å². The van der Waals surface area contributed by atoms with E-state index in [1.54, 1.807) is 12.1 Å². The van der Waals surface area contributed by atoms with E-state index < -0.39 is 0 Å². The summed E-state index contributed by atoms with van der Waals surface area (Å²) in [6.45, 7) is 0.353. The summed E-state index contributed by atoms with van der Waals surface area (Å²) in [7, 11) is 0. The molecule has 0 radical (unpaired) electrons.